The van der Waals surface area contributed by atoms with Crippen LogP contribution in [0.3, 0.4) is 0 Å². The Kier molecular flexibility index (Phi) is 4.52. The van der Waals surface area contributed by atoms with Crippen molar-refractivity contribution in [2.75, 3.05) is 13.2 Å². The number of nitrogens with zero attached hydrogens (tertiary/aromatic N) is 3. The molecular weight excluding hydrogens is 292 g/mol. The number of fused-ring (bicyclic) bond motifs is 1. The van der Waals surface area contributed by atoms with Gasteiger partial charge in [0.25, 0.3) is 0 Å². The Labute approximate surface area is 136 Å². The third kappa shape index (κ3) is 4.01. The number of hydrogen-bond acceptors (Lipinski definition) is 5. The van der Waals surface area contributed by atoms with Crippen molar-refractivity contribution in [2.24, 2.45) is 0 Å². The molecule has 1 N–H and O–H groups in total. The second kappa shape index (κ2) is 6.58. The molecule has 0 bridgehead atoms. The topological polar surface area (TPSA) is 61.2 Å². The predicted molar refractivity (Wildman–Crippen MR) is 87.6 cm³/mol. The summed E-state index contributed by atoms with van der Waals surface area (Å²) in [5.74, 6) is 1.67. The van der Waals surface area contributed by atoms with Crippen molar-refractivity contribution in [3.8, 4) is 11.5 Å². The highest BCUT2D eigenvalue weighted by molar-refractivity contribution is 5.43. The zero-order chi connectivity index (χ0) is 16.3. The number of ether oxygens (including phenoxy) is 2. The molecule has 0 amide bonds. The number of benzene rings is 1. The fourth-order valence-electron chi connectivity index (χ4n) is 2.36. The van der Waals surface area contributed by atoms with Crippen LogP contribution in [0.15, 0.2) is 24.4 Å². The zero-order valence-electron chi connectivity index (χ0n) is 14.0. The number of nitrogens with one attached hydrogen (secondary N) is 1. The van der Waals surface area contributed by atoms with Crippen molar-refractivity contribution < 1.29 is 9.47 Å². The van der Waals surface area contributed by atoms with Gasteiger partial charge in [0.15, 0.2) is 11.5 Å². The third-order valence-electron chi connectivity index (χ3n) is 3.68. The van der Waals surface area contributed by atoms with Gasteiger partial charge in [0.1, 0.15) is 0 Å². The van der Waals surface area contributed by atoms with E-state index in [9.17, 15) is 0 Å². The van der Waals surface area contributed by atoms with Crippen LogP contribution >= 0.6 is 0 Å². The molecule has 0 saturated heterocycles. The lowest BCUT2D eigenvalue weighted by atomic mass is 10.1. The Morgan fingerprint density at radius 1 is 1.13 bits per heavy atom. The molecule has 0 aliphatic carbocycles. The summed E-state index contributed by atoms with van der Waals surface area (Å²) >= 11 is 0. The van der Waals surface area contributed by atoms with Gasteiger partial charge >= 0.3 is 0 Å². The quantitative estimate of drug-likeness (QED) is 0.939. The van der Waals surface area contributed by atoms with E-state index in [0.717, 1.165) is 35.7 Å². The van der Waals surface area contributed by atoms with Crippen LogP contribution < -0.4 is 14.8 Å². The van der Waals surface area contributed by atoms with E-state index in [2.05, 4.69) is 42.5 Å². The highest BCUT2D eigenvalue weighted by Crippen LogP contribution is 2.30. The fraction of sp³-hybridized carbons (Fsp3) is 0.529. The molecule has 1 aliphatic rings. The molecule has 2 heterocycles. The maximum absolute atomic E-state index is 5.72. The zero-order valence-corrected chi connectivity index (χ0v) is 14.0. The van der Waals surface area contributed by atoms with Crippen LogP contribution in [-0.2, 0) is 18.6 Å². The van der Waals surface area contributed by atoms with Gasteiger partial charge in [-0.2, -0.15) is 0 Å². The first-order valence-corrected chi connectivity index (χ1v) is 8.03. The van der Waals surface area contributed by atoms with Crippen molar-refractivity contribution in [3.63, 3.8) is 0 Å². The summed E-state index contributed by atoms with van der Waals surface area (Å²) in [6, 6.07) is 6.08. The van der Waals surface area contributed by atoms with Crippen LogP contribution in [0.5, 0.6) is 11.5 Å². The molecule has 0 unspecified atom stereocenters. The summed E-state index contributed by atoms with van der Waals surface area (Å²) in [6.45, 7) is 9.18. The molecule has 0 atom stereocenters. The normalized spacial score (nSPS) is 14.6. The van der Waals surface area contributed by atoms with Crippen LogP contribution in [0.2, 0.25) is 0 Å². The molecule has 1 aromatic carbocycles. The molecule has 6 nitrogen and oxygen atoms in total. The van der Waals surface area contributed by atoms with Crippen molar-refractivity contribution in [2.45, 2.75) is 45.8 Å². The molecule has 0 spiro atoms. The lowest BCUT2D eigenvalue weighted by Crippen LogP contribution is -2.22. The lowest BCUT2D eigenvalue weighted by molar-refractivity contribution is 0.297. The minimum Gasteiger partial charge on any atom is -0.490 e. The molecular formula is C17H24N4O2. The van der Waals surface area contributed by atoms with Crippen LogP contribution in [0.25, 0.3) is 0 Å². The van der Waals surface area contributed by atoms with E-state index in [1.54, 1.807) is 0 Å². The van der Waals surface area contributed by atoms with Gasteiger partial charge < -0.3 is 14.8 Å². The SMILES string of the molecule is CC(C)(C)n1cc(CNCc2ccc3c(c2)OCCCO3)nn1. The fourth-order valence-corrected chi connectivity index (χ4v) is 2.36. The van der Waals surface area contributed by atoms with Crippen molar-refractivity contribution >= 4 is 0 Å². The maximum Gasteiger partial charge on any atom is 0.161 e. The molecule has 1 aromatic heterocycles. The van der Waals surface area contributed by atoms with Crippen molar-refractivity contribution in [3.05, 3.63) is 35.7 Å². The second-order valence-electron chi connectivity index (χ2n) is 6.76. The number of rotatable bonds is 4. The summed E-state index contributed by atoms with van der Waals surface area (Å²) in [7, 11) is 0. The summed E-state index contributed by atoms with van der Waals surface area (Å²) in [5, 5.41) is 11.8. The first kappa shape index (κ1) is 15.8. The van der Waals surface area contributed by atoms with Crippen LogP contribution in [0.4, 0.5) is 0 Å². The second-order valence-corrected chi connectivity index (χ2v) is 6.76. The Balaban J connectivity index is 1.56. The van der Waals surface area contributed by atoms with Gasteiger partial charge in [-0.3, -0.25) is 0 Å². The summed E-state index contributed by atoms with van der Waals surface area (Å²) in [6.07, 6.45) is 2.91. The Hall–Kier alpha value is -2.08. The molecule has 3 rings (SSSR count). The maximum atomic E-state index is 5.72. The molecule has 0 radical (unpaired) electrons. The Morgan fingerprint density at radius 2 is 1.91 bits per heavy atom. The lowest BCUT2D eigenvalue weighted by Gasteiger charge is -2.17. The van der Waals surface area contributed by atoms with Crippen LogP contribution in [-0.4, -0.2) is 28.2 Å². The van der Waals surface area contributed by atoms with E-state index in [1.165, 1.54) is 0 Å². The van der Waals surface area contributed by atoms with E-state index in [1.807, 2.05) is 23.0 Å². The van der Waals surface area contributed by atoms with E-state index < -0.39 is 0 Å². The number of aromatic nitrogens is 3. The highest BCUT2D eigenvalue weighted by atomic mass is 16.5. The monoisotopic (exact) mass is 316 g/mol. The van der Waals surface area contributed by atoms with Crippen LogP contribution in [0, 0.1) is 0 Å². The largest absolute Gasteiger partial charge is 0.490 e. The molecule has 2 aromatic rings. The average molecular weight is 316 g/mol. The van der Waals surface area contributed by atoms with E-state index in [-0.39, 0.29) is 5.54 Å². The summed E-state index contributed by atoms with van der Waals surface area (Å²) < 4.78 is 13.2. The van der Waals surface area contributed by atoms with Gasteiger partial charge in [-0.1, -0.05) is 11.3 Å². The minimum atomic E-state index is -0.0421. The average Bonchev–Trinajstić information content (AvgIpc) is 2.86. The Bertz CT molecular complexity index is 661. The van der Waals surface area contributed by atoms with Gasteiger partial charge in [0.2, 0.25) is 0 Å². The molecule has 124 valence electrons. The van der Waals surface area contributed by atoms with Crippen molar-refractivity contribution in [1.82, 2.24) is 20.3 Å². The smallest absolute Gasteiger partial charge is 0.161 e. The van der Waals surface area contributed by atoms with E-state index in [4.69, 9.17) is 9.47 Å². The molecule has 6 heteroatoms. The van der Waals surface area contributed by atoms with Gasteiger partial charge in [-0.25, -0.2) is 4.68 Å². The summed E-state index contributed by atoms with van der Waals surface area (Å²) in [5.41, 5.74) is 2.06. The van der Waals surface area contributed by atoms with Crippen molar-refractivity contribution in [1.29, 1.82) is 0 Å². The van der Waals surface area contributed by atoms with Gasteiger partial charge in [-0.05, 0) is 38.5 Å². The highest BCUT2D eigenvalue weighted by Gasteiger charge is 2.15. The molecule has 0 saturated carbocycles. The predicted octanol–water partition coefficient (Wildman–Crippen LogP) is 2.48. The minimum absolute atomic E-state index is 0.0421. The van der Waals surface area contributed by atoms with E-state index >= 15 is 0 Å². The van der Waals surface area contributed by atoms with Gasteiger partial charge in [0, 0.05) is 19.5 Å². The summed E-state index contributed by atoms with van der Waals surface area (Å²) in [4.78, 5) is 0. The van der Waals surface area contributed by atoms with Crippen LogP contribution in [0.1, 0.15) is 38.4 Å². The first-order valence-electron chi connectivity index (χ1n) is 8.03. The Morgan fingerprint density at radius 3 is 2.65 bits per heavy atom. The van der Waals surface area contributed by atoms with E-state index in [0.29, 0.717) is 19.8 Å². The number of hydrogen-bond donors (Lipinski definition) is 1. The van der Waals surface area contributed by atoms with Gasteiger partial charge in [0.05, 0.1) is 30.6 Å². The third-order valence-corrected chi connectivity index (χ3v) is 3.68. The molecule has 0 fully saturated rings. The molecule has 1 aliphatic heterocycles. The molecule has 23 heavy (non-hydrogen) atoms. The standard InChI is InChI=1S/C17H24N4O2/c1-17(2,3)21-12-14(19-20-21)11-18-10-13-5-6-15-16(9-13)23-8-4-7-22-15/h5-6,9,12,18H,4,7-8,10-11H2,1-3H3. The van der Waals surface area contributed by atoms with Gasteiger partial charge in [-0.15, -0.1) is 5.10 Å². The first-order chi connectivity index (χ1) is 11.0.